The van der Waals surface area contributed by atoms with E-state index < -0.39 is 0 Å². The van der Waals surface area contributed by atoms with Crippen LogP contribution in [0.5, 0.6) is 0 Å². The van der Waals surface area contributed by atoms with Gasteiger partial charge in [0, 0.05) is 12.2 Å². The van der Waals surface area contributed by atoms with E-state index >= 15 is 0 Å². The largest absolute Gasteiger partial charge is 0.287 e. The maximum Gasteiger partial charge on any atom is 0.188 e. The maximum atomic E-state index is 10.9. The summed E-state index contributed by atoms with van der Waals surface area (Å²) < 4.78 is 0. The van der Waals surface area contributed by atoms with E-state index in [0.717, 1.165) is 18.6 Å². The van der Waals surface area contributed by atoms with Gasteiger partial charge in [0.15, 0.2) is 5.12 Å². The van der Waals surface area contributed by atoms with Crippen LogP contribution in [0.15, 0.2) is 0 Å². The van der Waals surface area contributed by atoms with E-state index in [1.165, 1.54) is 18.2 Å². The van der Waals surface area contributed by atoms with Crippen LogP contribution in [0.2, 0.25) is 0 Å². The molecule has 0 aromatic rings. The van der Waals surface area contributed by atoms with Crippen LogP contribution in [0.3, 0.4) is 0 Å². The SMILES string of the molecule is CCC(=O)SCCCCC(C)S. The molecule has 1 unspecified atom stereocenters. The van der Waals surface area contributed by atoms with Gasteiger partial charge in [-0.1, -0.05) is 32.0 Å². The zero-order chi connectivity index (χ0) is 9.40. The van der Waals surface area contributed by atoms with Crippen LogP contribution in [-0.4, -0.2) is 16.1 Å². The second kappa shape index (κ2) is 7.99. The minimum atomic E-state index is 0.314. The maximum absolute atomic E-state index is 10.9. The van der Waals surface area contributed by atoms with Crippen molar-refractivity contribution in [2.75, 3.05) is 5.75 Å². The Hall–Kier alpha value is 0.370. The number of carbonyl (C=O) groups excluding carboxylic acids is 1. The zero-order valence-electron chi connectivity index (χ0n) is 7.88. The molecule has 0 saturated carbocycles. The smallest absolute Gasteiger partial charge is 0.188 e. The van der Waals surface area contributed by atoms with Crippen molar-refractivity contribution in [2.24, 2.45) is 0 Å². The molecule has 0 saturated heterocycles. The molecular weight excluding hydrogens is 188 g/mol. The minimum Gasteiger partial charge on any atom is -0.287 e. The summed E-state index contributed by atoms with van der Waals surface area (Å²) in [6, 6.07) is 0. The lowest BCUT2D eigenvalue weighted by Crippen LogP contribution is -1.93. The fraction of sp³-hybridized carbons (Fsp3) is 0.889. The molecule has 0 aliphatic heterocycles. The molecule has 1 nitrogen and oxygen atoms in total. The van der Waals surface area contributed by atoms with Gasteiger partial charge in [-0.05, 0) is 18.1 Å². The van der Waals surface area contributed by atoms with E-state index in [1.807, 2.05) is 6.92 Å². The van der Waals surface area contributed by atoms with E-state index in [-0.39, 0.29) is 0 Å². The Morgan fingerprint density at radius 1 is 1.50 bits per heavy atom. The summed E-state index contributed by atoms with van der Waals surface area (Å²) in [6.07, 6.45) is 4.15. The molecule has 0 aliphatic rings. The lowest BCUT2D eigenvalue weighted by molar-refractivity contribution is -0.110. The number of hydrogen-bond acceptors (Lipinski definition) is 3. The Balaban J connectivity index is 3.05. The van der Waals surface area contributed by atoms with Crippen LogP contribution in [0.25, 0.3) is 0 Å². The molecule has 0 bridgehead atoms. The van der Waals surface area contributed by atoms with Crippen LogP contribution >= 0.6 is 24.4 Å². The van der Waals surface area contributed by atoms with Crippen molar-refractivity contribution in [3.05, 3.63) is 0 Å². The number of rotatable bonds is 6. The summed E-state index contributed by atoms with van der Waals surface area (Å²) >= 11 is 5.75. The Labute approximate surface area is 85.1 Å². The summed E-state index contributed by atoms with van der Waals surface area (Å²) in [5.41, 5.74) is 0. The van der Waals surface area contributed by atoms with Gasteiger partial charge in [0.1, 0.15) is 0 Å². The van der Waals surface area contributed by atoms with Gasteiger partial charge >= 0.3 is 0 Å². The van der Waals surface area contributed by atoms with Gasteiger partial charge in [0.25, 0.3) is 0 Å². The molecule has 0 radical (unpaired) electrons. The van der Waals surface area contributed by atoms with Crippen molar-refractivity contribution in [3.63, 3.8) is 0 Å². The van der Waals surface area contributed by atoms with Crippen LogP contribution in [-0.2, 0) is 4.79 Å². The van der Waals surface area contributed by atoms with Crippen LogP contribution in [0, 0.1) is 0 Å². The number of thioether (sulfide) groups is 1. The molecule has 0 heterocycles. The molecule has 3 heteroatoms. The third-order valence-electron chi connectivity index (χ3n) is 1.57. The third-order valence-corrected chi connectivity index (χ3v) is 2.93. The Kier molecular flexibility index (Phi) is 8.24. The Morgan fingerprint density at radius 2 is 2.17 bits per heavy atom. The average molecular weight is 206 g/mol. The summed E-state index contributed by atoms with van der Waals surface area (Å²) in [5.74, 6) is 0.979. The van der Waals surface area contributed by atoms with E-state index in [0.29, 0.717) is 16.8 Å². The van der Waals surface area contributed by atoms with Gasteiger partial charge in [0.2, 0.25) is 0 Å². The number of hydrogen-bond donors (Lipinski definition) is 1. The first-order chi connectivity index (χ1) is 5.66. The van der Waals surface area contributed by atoms with Gasteiger partial charge in [-0.25, -0.2) is 0 Å². The Morgan fingerprint density at radius 3 is 2.67 bits per heavy atom. The van der Waals surface area contributed by atoms with Crippen molar-refractivity contribution in [2.45, 2.75) is 44.8 Å². The molecule has 0 spiro atoms. The van der Waals surface area contributed by atoms with E-state index in [4.69, 9.17) is 0 Å². The molecule has 0 aromatic carbocycles. The van der Waals surface area contributed by atoms with Crippen LogP contribution in [0.4, 0.5) is 0 Å². The van der Waals surface area contributed by atoms with Gasteiger partial charge in [-0.2, -0.15) is 12.6 Å². The lowest BCUT2D eigenvalue weighted by Gasteiger charge is -2.02. The monoisotopic (exact) mass is 206 g/mol. The fourth-order valence-electron chi connectivity index (χ4n) is 0.830. The summed E-state index contributed by atoms with van der Waals surface area (Å²) in [7, 11) is 0. The number of unbranched alkanes of at least 4 members (excludes halogenated alkanes) is 1. The summed E-state index contributed by atoms with van der Waals surface area (Å²) in [6.45, 7) is 4.01. The van der Waals surface area contributed by atoms with Crippen LogP contribution in [0.1, 0.15) is 39.5 Å². The molecule has 0 fully saturated rings. The van der Waals surface area contributed by atoms with Crippen molar-refractivity contribution < 1.29 is 4.79 Å². The first kappa shape index (κ1) is 12.4. The fourth-order valence-corrected chi connectivity index (χ4v) is 1.79. The predicted molar refractivity (Wildman–Crippen MR) is 60.1 cm³/mol. The highest BCUT2D eigenvalue weighted by molar-refractivity contribution is 8.13. The molecular formula is C9H18OS2. The van der Waals surface area contributed by atoms with Gasteiger partial charge in [0.05, 0.1) is 0 Å². The Bertz CT molecular complexity index is 124. The molecule has 0 N–H and O–H groups in total. The van der Waals surface area contributed by atoms with Crippen molar-refractivity contribution in [1.82, 2.24) is 0 Å². The molecule has 72 valence electrons. The molecule has 0 amide bonds. The highest BCUT2D eigenvalue weighted by atomic mass is 32.2. The van der Waals surface area contributed by atoms with Crippen LogP contribution < -0.4 is 0 Å². The lowest BCUT2D eigenvalue weighted by atomic mass is 10.2. The van der Waals surface area contributed by atoms with Gasteiger partial charge in [-0.3, -0.25) is 4.79 Å². The summed E-state index contributed by atoms with van der Waals surface area (Å²) in [5, 5.41) is 0.811. The molecule has 0 rings (SSSR count). The van der Waals surface area contributed by atoms with Gasteiger partial charge < -0.3 is 0 Å². The highest BCUT2D eigenvalue weighted by Crippen LogP contribution is 2.11. The molecule has 0 aliphatic carbocycles. The topological polar surface area (TPSA) is 17.1 Å². The third kappa shape index (κ3) is 8.47. The second-order valence-electron chi connectivity index (χ2n) is 2.92. The molecule has 0 aromatic heterocycles. The first-order valence-corrected chi connectivity index (χ1v) is 6.00. The average Bonchev–Trinajstić information content (AvgIpc) is 2.03. The van der Waals surface area contributed by atoms with Crippen molar-refractivity contribution >= 4 is 29.5 Å². The predicted octanol–water partition coefficient (Wildman–Crippen LogP) is 3.14. The second-order valence-corrected chi connectivity index (χ2v) is 4.95. The van der Waals surface area contributed by atoms with E-state index in [9.17, 15) is 4.79 Å². The minimum absolute atomic E-state index is 0.314. The number of thiol groups is 1. The van der Waals surface area contributed by atoms with Crippen molar-refractivity contribution in [1.29, 1.82) is 0 Å². The van der Waals surface area contributed by atoms with Crippen molar-refractivity contribution in [3.8, 4) is 0 Å². The highest BCUT2D eigenvalue weighted by Gasteiger charge is 1.99. The molecule has 1 atom stereocenters. The standard InChI is InChI=1S/C9H18OS2/c1-3-9(10)12-7-5-4-6-8(2)11/h8,11H,3-7H2,1-2H3. The first-order valence-electron chi connectivity index (χ1n) is 4.50. The van der Waals surface area contributed by atoms with E-state index in [1.54, 1.807) is 0 Å². The summed E-state index contributed by atoms with van der Waals surface area (Å²) in [4.78, 5) is 10.9. The zero-order valence-corrected chi connectivity index (χ0v) is 9.59. The van der Waals surface area contributed by atoms with E-state index in [2.05, 4.69) is 19.6 Å². The molecule has 12 heavy (non-hydrogen) atoms. The quantitative estimate of drug-likeness (QED) is 0.531. The number of carbonyl (C=O) groups is 1. The normalized spacial score (nSPS) is 12.9. The van der Waals surface area contributed by atoms with Gasteiger partial charge in [-0.15, -0.1) is 0 Å².